The molecule has 1 radical (unpaired) electrons. The Bertz CT molecular complexity index is 160. The topological polar surface area (TPSA) is 26.3 Å². The average molecular weight is 187 g/mol. The Morgan fingerprint density at radius 1 is 1.17 bits per heavy atom. The monoisotopic (exact) mass is 187 g/mol. The Labute approximate surface area is 77.0 Å². The molecule has 0 aromatic carbocycles. The third-order valence-electron chi connectivity index (χ3n) is 2.13. The predicted molar refractivity (Wildman–Crippen MR) is 52.5 cm³/mol. The van der Waals surface area contributed by atoms with Crippen LogP contribution in [0.5, 0.6) is 0 Å². The summed E-state index contributed by atoms with van der Waals surface area (Å²) in [7, 11) is -0.817. The molecule has 0 amide bonds. The number of carbonyl (C=O) groups excluding carboxylic acids is 1. The van der Waals surface area contributed by atoms with Gasteiger partial charge >= 0.3 is 0 Å². The van der Waals surface area contributed by atoms with Crippen LogP contribution in [0, 0.1) is 5.41 Å². The van der Waals surface area contributed by atoms with Crippen LogP contribution in [0.25, 0.3) is 0 Å². The van der Waals surface area contributed by atoms with Gasteiger partial charge in [0.1, 0.15) is 5.60 Å². The lowest BCUT2D eigenvalue weighted by Gasteiger charge is -2.38. The first-order valence-corrected chi connectivity index (χ1v) is 6.59. The fraction of sp³-hybridized carbons (Fsp3) is 0.889. The van der Waals surface area contributed by atoms with Crippen molar-refractivity contribution >= 4 is 15.3 Å². The van der Waals surface area contributed by atoms with Crippen molar-refractivity contribution < 1.29 is 9.22 Å². The van der Waals surface area contributed by atoms with Crippen LogP contribution in [0.3, 0.4) is 0 Å². The van der Waals surface area contributed by atoms with E-state index in [2.05, 4.69) is 0 Å². The highest BCUT2D eigenvalue weighted by molar-refractivity contribution is 6.48. The first-order chi connectivity index (χ1) is 5.23. The minimum Gasteiger partial charge on any atom is -0.405 e. The lowest BCUT2D eigenvalue weighted by molar-refractivity contribution is -0.129. The smallest absolute Gasteiger partial charge is 0.206 e. The van der Waals surface area contributed by atoms with Crippen LogP contribution in [0.4, 0.5) is 0 Å². The van der Waals surface area contributed by atoms with Crippen molar-refractivity contribution in [1.29, 1.82) is 0 Å². The van der Waals surface area contributed by atoms with Gasteiger partial charge in [-0.2, -0.15) is 0 Å². The van der Waals surface area contributed by atoms with Crippen molar-refractivity contribution in [3.05, 3.63) is 0 Å². The van der Waals surface area contributed by atoms with Gasteiger partial charge in [-0.25, -0.2) is 0 Å². The van der Waals surface area contributed by atoms with Gasteiger partial charge in [-0.1, -0.05) is 20.8 Å². The normalized spacial score (nSPS) is 17.6. The highest BCUT2D eigenvalue weighted by Crippen LogP contribution is 2.32. The molecule has 3 heteroatoms. The Hall–Kier alpha value is -0.153. The van der Waals surface area contributed by atoms with Crippen LogP contribution in [-0.2, 0) is 9.22 Å². The van der Waals surface area contributed by atoms with Crippen LogP contribution in [-0.4, -0.2) is 20.9 Å². The van der Waals surface area contributed by atoms with E-state index in [9.17, 15) is 4.79 Å². The second-order valence-corrected chi connectivity index (χ2v) is 6.51. The number of hydrogen-bond donors (Lipinski definition) is 0. The van der Waals surface area contributed by atoms with Gasteiger partial charge in [-0.05, 0) is 25.4 Å². The highest BCUT2D eigenvalue weighted by atomic mass is 28.3. The van der Waals surface area contributed by atoms with Crippen LogP contribution in [0.15, 0.2) is 0 Å². The molecule has 2 nitrogen and oxygen atoms in total. The first-order valence-electron chi connectivity index (χ1n) is 4.18. The number of hydrogen-bond acceptors (Lipinski definition) is 2. The summed E-state index contributed by atoms with van der Waals surface area (Å²) in [6.07, 6.45) is 0.921. The van der Waals surface area contributed by atoms with Crippen molar-refractivity contribution in [3.63, 3.8) is 0 Å². The molecular formula is C9H19O2Si. The minimum absolute atomic E-state index is 0.128. The van der Waals surface area contributed by atoms with Crippen LogP contribution >= 0.6 is 0 Å². The molecule has 0 spiro atoms. The van der Waals surface area contributed by atoms with E-state index in [0.717, 1.165) is 6.29 Å². The first kappa shape index (κ1) is 11.8. The van der Waals surface area contributed by atoms with Crippen molar-refractivity contribution in [2.45, 2.75) is 46.4 Å². The zero-order valence-corrected chi connectivity index (χ0v) is 9.89. The summed E-state index contributed by atoms with van der Waals surface area (Å²) in [5, 5.41) is 0. The SMILES string of the molecule is C[Si](C)OC(C)(C=O)C(C)(C)C. The Kier molecular flexibility index (Phi) is 3.66. The summed E-state index contributed by atoms with van der Waals surface area (Å²) >= 11 is 0. The van der Waals surface area contributed by atoms with Crippen molar-refractivity contribution in [3.8, 4) is 0 Å². The lowest BCUT2D eigenvalue weighted by Crippen LogP contribution is -2.46. The Morgan fingerprint density at radius 3 is 1.67 bits per heavy atom. The van der Waals surface area contributed by atoms with Gasteiger partial charge in [0, 0.05) is 0 Å². The zero-order valence-electron chi connectivity index (χ0n) is 8.89. The second-order valence-electron chi connectivity index (χ2n) is 4.49. The molecule has 0 saturated carbocycles. The van der Waals surface area contributed by atoms with E-state index in [1.807, 2.05) is 40.8 Å². The quantitative estimate of drug-likeness (QED) is 0.500. The van der Waals surface area contributed by atoms with E-state index in [1.54, 1.807) is 0 Å². The molecule has 0 N–H and O–H groups in total. The number of rotatable bonds is 3. The molecular weight excluding hydrogens is 168 g/mol. The minimum atomic E-state index is -0.817. The van der Waals surface area contributed by atoms with Crippen LogP contribution < -0.4 is 0 Å². The third kappa shape index (κ3) is 2.72. The summed E-state index contributed by atoms with van der Waals surface area (Å²) in [6, 6.07) is 0. The fourth-order valence-corrected chi connectivity index (χ4v) is 1.98. The van der Waals surface area contributed by atoms with E-state index in [0.29, 0.717) is 0 Å². The molecule has 12 heavy (non-hydrogen) atoms. The van der Waals surface area contributed by atoms with Crippen molar-refractivity contribution in [1.82, 2.24) is 0 Å². The molecule has 0 fully saturated rings. The highest BCUT2D eigenvalue weighted by Gasteiger charge is 2.38. The summed E-state index contributed by atoms with van der Waals surface area (Å²) in [5.41, 5.74) is -0.762. The Balaban J connectivity index is 4.57. The van der Waals surface area contributed by atoms with Gasteiger partial charge in [0.25, 0.3) is 0 Å². The maximum Gasteiger partial charge on any atom is 0.206 e. The Morgan fingerprint density at radius 2 is 1.58 bits per heavy atom. The fourth-order valence-electron chi connectivity index (χ4n) is 0.778. The van der Waals surface area contributed by atoms with Crippen molar-refractivity contribution in [2.75, 3.05) is 0 Å². The summed E-state index contributed by atoms with van der Waals surface area (Å²) in [5.74, 6) is 0. The van der Waals surface area contributed by atoms with E-state index in [-0.39, 0.29) is 5.41 Å². The van der Waals surface area contributed by atoms with Gasteiger partial charge in [0.2, 0.25) is 9.04 Å². The zero-order chi connectivity index (χ0) is 9.99. The van der Waals surface area contributed by atoms with Gasteiger partial charge in [0.15, 0.2) is 6.29 Å². The molecule has 0 aromatic rings. The van der Waals surface area contributed by atoms with Gasteiger partial charge in [-0.15, -0.1) is 0 Å². The molecule has 71 valence electrons. The standard InChI is InChI=1S/C9H19O2Si/c1-8(2,3)9(4,7-10)11-12(5)6/h7H,1-6H3. The van der Waals surface area contributed by atoms with E-state index in [4.69, 9.17) is 4.43 Å². The largest absolute Gasteiger partial charge is 0.405 e. The van der Waals surface area contributed by atoms with Gasteiger partial charge in [-0.3, -0.25) is 0 Å². The molecule has 0 rings (SSSR count). The maximum absolute atomic E-state index is 10.9. The van der Waals surface area contributed by atoms with Crippen LogP contribution in [0.2, 0.25) is 13.1 Å². The van der Waals surface area contributed by atoms with Gasteiger partial charge < -0.3 is 9.22 Å². The van der Waals surface area contributed by atoms with E-state index in [1.165, 1.54) is 0 Å². The van der Waals surface area contributed by atoms with Gasteiger partial charge in [0.05, 0.1) is 0 Å². The van der Waals surface area contributed by atoms with Crippen LogP contribution in [0.1, 0.15) is 27.7 Å². The average Bonchev–Trinajstić information content (AvgIpc) is 1.83. The molecule has 1 unspecified atom stereocenters. The molecule has 0 aliphatic carbocycles. The second kappa shape index (κ2) is 3.71. The maximum atomic E-state index is 10.9. The molecule has 0 aromatic heterocycles. The molecule has 0 saturated heterocycles. The van der Waals surface area contributed by atoms with Crippen molar-refractivity contribution in [2.24, 2.45) is 5.41 Å². The summed E-state index contributed by atoms with van der Waals surface area (Å²) in [4.78, 5) is 10.9. The van der Waals surface area contributed by atoms with E-state index < -0.39 is 14.6 Å². The number of carbonyl (C=O) groups is 1. The molecule has 0 bridgehead atoms. The summed E-state index contributed by atoms with van der Waals surface area (Å²) < 4.78 is 5.69. The third-order valence-corrected chi connectivity index (χ3v) is 2.96. The molecule has 0 heterocycles. The lowest BCUT2D eigenvalue weighted by atomic mass is 9.79. The summed E-state index contributed by atoms with van der Waals surface area (Å²) in [6.45, 7) is 12.0. The van der Waals surface area contributed by atoms with E-state index >= 15 is 0 Å². The number of aldehydes is 1. The predicted octanol–water partition coefficient (Wildman–Crippen LogP) is 2.26. The molecule has 1 atom stereocenters. The molecule has 0 aliphatic rings. The molecule has 0 aliphatic heterocycles.